The minimum Gasteiger partial charge on any atom is -0.481 e. The lowest BCUT2D eigenvalue weighted by Crippen LogP contribution is -2.23. The Kier molecular flexibility index (Phi) is 6.29. The fraction of sp³-hybridized carbons (Fsp3) is 0.385. The maximum atomic E-state index is 13.6. The number of amides is 1. The van der Waals surface area contributed by atoms with E-state index in [-0.39, 0.29) is 17.1 Å². The van der Waals surface area contributed by atoms with Gasteiger partial charge in [0.25, 0.3) is 0 Å². The SMILES string of the molecule is O=CN(CCCCCC(=O)O)c1c(F)cccc1Cl. The van der Waals surface area contributed by atoms with Crippen LogP contribution in [0.3, 0.4) is 0 Å². The van der Waals surface area contributed by atoms with Crippen LogP contribution in [-0.2, 0) is 9.59 Å². The van der Waals surface area contributed by atoms with Gasteiger partial charge in [-0.05, 0) is 25.0 Å². The molecule has 0 spiro atoms. The van der Waals surface area contributed by atoms with Crippen molar-refractivity contribution in [2.45, 2.75) is 25.7 Å². The highest BCUT2D eigenvalue weighted by atomic mass is 35.5. The number of carboxylic acids is 1. The molecule has 19 heavy (non-hydrogen) atoms. The molecule has 0 aliphatic carbocycles. The molecule has 0 radical (unpaired) electrons. The Morgan fingerprint density at radius 2 is 2.11 bits per heavy atom. The summed E-state index contributed by atoms with van der Waals surface area (Å²) in [5.41, 5.74) is 0.0670. The molecular weight excluding hydrogens is 273 g/mol. The van der Waals surface area contributed by atoms with Crippen molar-refractivity contribution < 1.29 is 19.1 Å². The number of unbranched alkanes of at least 4 members (excludes halogenated alkanes) is 2. The van der Waals surface area contributed by atoms with E-state index in [4.69, 9.17) is 16.7 Å². The lowest BCUT2D eigenvalue weighted by molar-refractivity contribution is -0.137. The largest absolute Gasteiger partial charge is 0.481 e. The Morgan fingerprint density at radius 1 is 1.37 bits per heavy atom. The summed E-state index contributed by atoms with van der Waals surface area (Å²) in [5.74, 6) is -1.39. The zero-order valence-electron chi connectivity index (χ0n) is 10.3. The Hall–Kier alpha value is -1.62. The van der Waals surface area contributed by atoms with Gasteiger partial charge in [0.1, 0.15) is 5.82 Å². The normalized spacial score (nSPS) is 10.2. The van der Waals surface area contributed by atoms with Crippen molar-refractivity contribution in [3.63, 3.8) is 0 Å². The summed E-state index contributed by atoms with van der Waals surface area (Å²) >= 11 is 5.87. The topological polar surface area (TPSA) is 57.6 Å². The van der Waals surface area contributed by atoms with E-state index in [1.165, 1.54) is 23.1 Å². The van der Waals surface area contributed by atoms with Gasteiger partial charge in [-0.15, -0.1) is 0 Å². The first-order chi connectivity index (χ1) is 9.06. The number of para-hydroxylation sites is 1. The van der Waals surface area contributed by atoms with E-state index < -0.39 is 11.8 Å². The number of nitrogens with zero attached hydrogens (tertiary/aromatic N) is 1. The summed E-state index contributed by atoms with van der Waals surface area (Å²) in [5, 5.41) is 8.66. The molecule has 1 aromatic carbocycles. The van der Waals surface area contributed by atoms with E-state index >= 15 is 0 Å². The van der Waals surface area contributed by atoms with Crippen molar-refractivity contribution in [1.82, 2.24) is 0 Å². The molecule has 104 valence electrons. The van der Waals surface area contributed by atoms with E-state index in [2.05, 4.69) is 0 Å². The van der Waals surface area contributed by atoms with Gasteiger partial charge in [-0.25, -0.2) is 4.39 Å². The van der Waals surface area contributed by atoms with E-state index in [1.54, 1.807) is 0 Å². The number of anilines is 1. The van der Waals surface area contributed by atoms with Crippen LogP contribution in [-0.4, -0.2) is 24.0 Å². The molecule has 6 heteroatoms. The number of carboxylic acid groups (broad SMARTS) is 1. The molecule has 0 saturated heterocycles. The summed E-state index contributed by atoms with van der Waals surface area (Å²) in [6.45, 7) is 0.309. The second-order valence-electron chi connectivity index (χ2n) is 4.07. The fourth-order valence-electron chi connectivity index (χ4n) is 1.72. The number of rotatable bonds is 8. The molecule has 0 saturated carbocycles. The van der Waals surface area contributed by atoms with Crippen LogP contribution in [0.25, 0.3) is 0 Å². The second-order valence-corrected chi connectivity index (χ2v) is 4.48. The van der Waals surface area contributed by atoms with Gasteiger partial charge in [0.2, 0.25) is 6.41 Å². The Bertz CT molecular complexity index is 433. The van der Waals surface area contributed by atoms with Crippen LogP contribution < -0.4 is 4.90 Å². The van der Waals surface area contributed by atoms with Gasteiger partial charge in [-0.3, -0.25) is 9.59 Å². The smallest absolute Gasteiger partial charge is 0.303 e. The highest BCUT2D eigenvalue weighted by Gasteiger charge is 2.14. The number of hydrogen-bond donors (Lipinski definition) is 1. The van der Waals surface area contributed by atoms with Crippen LogP contribution in [0.2, 0.25) is 5.02 Å². The maximum absolute atomic E-state index is 13.6. The molecule has 1 aromatic rings. The first-order valence-electron chi connectivity index (χ1n) is 5.94. The van der Waals surface area contributed by atoms with E-state index in [1.807, 2.05) is 0 Å². The molecule has 0 fully saturated rings. The van der Waals surface area contributed by atoms with Crippen LogP contribution >= 0.6 is 11.6 Å². The molecule has 0 aliphatic rings. The highest BCUT2D eigenvalue weighted by molar-refractivity contribution is 6.33. The van der Waals surface area contributed by atoms with Crippen LogP contribution in [0.15, 0.2) is 18.2 Å². The summed E-state index contributed by atoms with van der Waals surface area (Å²) in [7, 11) is 0. The minimum atomic E-state index is -0.843. The second kappa shape index (κ2) is 7.74. The predicted molar refractivity (Wildman–Crippen MR) is 70.9 cm³/mol. The standard InChI is InChI=1S/C13H15ClFNO3/c14-10-5-4-6-11(15)13(10)16(9-17)8-3-1-2-7-12(18)19/h4-6,9H,1-3,7-8H2,(H,18,19). The molecule has 0 atom stereocenters. The van der Waals surface area contributed by atoms with Crippen LogP contribution in [0.5, 0.6) is 0 Å². The van der Waals surface area contributed by atoms with Crippen LogP contribution in [0.4, 0.5) is 10.1 Å². The van der Waals surface area contributed by atoms with Gasteiger partial charge in [-0.1, -0.05) is 24.1 Å². The Balaban J connectivity index is 2.54. The molecule has 1 amide bonds. The van der Waals surface area contributed by atoms with Crippen molar-refractivity contribution in [2.75, 3.05) is 11.4 Å². The number of carbonyl (C=O) groups excluding carboxylic acids is 1. The van der Waals surface area contributed by atoms with Crippen molar-refractivity contribution in [2.24, 2.45) is 0 Å². The lowest BCUT2D eigenvalue weighted by Gasteiger charge is -2.19. The first-order valence-corrected chi connectivity index (χ1v) is 6.31. The molecule has 0 aromatic heterocycles. The summed E-state index contributed by atoms with van der Waals surface area (Å²) in [6, 6.07) is 4.22. The third-order valence-corrected chi connectivity index (χ3v) is 2.95. The molecule has 0 heterocycles. The van der Waals surface area contributed by atoms with Crippen LogP contribution in [0, 0.1) is 5.82 Å². The third kappa shape index (κ3) is 4.87. The third-order valence-electron chi connectivity index (χ3n) is 2.64. The van der Waals surface area contributed by atoms with Crippen molar-refractivity contribution >= 4 is 29.7 Å². The molecule has 1 N–H and O–H groups in total. The lowest BCUT2D eigenvalue weighted by atomic mass is 10.2. The zero-order chi connectivity index (χ0) is 14.3. The number of aliphatic carboxylic acids is 1. The van der Waals surface area contributed by atoms with Gasteiger partial charge in [0.15, 0.2) is 0 Å². The van der Waals surface area contributed by atoms with Crippen LogP contribution in [0.1, 0.15) is 25.7 Å². The summed E-state index contributed by atoms with van der Waals surface area (Å²) < 4.78 is 13.6. The van der Waals surface area contributed by atoms with Crippen molar-refractivity contribution in [3.05, 3.63) is 29.0 Å². The number of halogens is 2. The Labute approximate surface area is 115 Å². The fourth-order valence-corrected chi connectivity index (χ4v) is 1.99. The molecule has 0 bridgehead atoms. The minimum absolute atomic E-state index is 0.0670. The van der Waals surface area contributed by atoms with Gasteiger partial charge in [0, 0.05) is 13.0 Å². The van der Waals surface area contributed by atoms with Crippen molar-refractivity contribution in [3.8, 4) is 0 Å². The quantitative estimate of drug-likeness (QED) is 0.590. The number of benzene rings is 1. The van der Waals surface area contributed by atoms with E-state index in [9.17, 15) is 14.0 Å². The van der Waals surface area contributed by atoms with Gasteiger partial charge in [0.05, 0.1) is 10.7 Å². The molecule has 1 rings (SSSR count). The average Bonchev–Trinajstić information content (AvgIpc) is 2.35. The van der Waals surface area contributed by atoms with Gasteiger partial charge >= 0.3 is 5.97 Å². The van der Waals surface area contributed by atoms with Crippen molar-refractivity contribution in [1.29, 1.82) is 0 Å². The molecule has 0 aliphatic heterocycles. The summed E-state index contributed by atoms with van der Waals surface area (Å²) in [4.78, 5) is 22.5. The maximum Gasteiger partial charge on any atom is 0.303 e. The Morgan fingerprint density at radius 3 is 2.68 bits per heavy atom. The predicted octanol–water partition coefficient (Wildman–Crippen LogP) is 3.09. The molecular formula is C13H15ClFNO3. The van der Waals surface area contributed by atoms with Gasteiger partial charge < -0.3 is 10.0 Å². The highest BCUT2D eigenvalue weighted by Crippen LogP contribution is 2.28. The van der Waals surface area contributed by atoms with E-state index in [0.29, 0.717) is 32.2 Å². The number of hydrogen-bond acceptors (Lipinski definition) is 2. The van der Waals surface area contributed by atoms with E-state index in [0.717, 1.165) is 0 Å². The molecule has 4 nitrogen and oxygen atoms in total. The zero-order valence-corrected chi connectivity index (χ0v) is 11.1. The van der Waals surface area contributed by atoms with Gasteiger partial charge in [-0.2, -0.15) is 0 Å². The first kappa shape index (κ1) is 15.4. The number of carbonyl (C=O) groups is 2. The molecule has 0 unspecified atom stereocenters. The summed E-state index contributed by atoms with van der Waals surface area (Å²) in [6.07, 6.45) is 2.41. The average molecular weight is 288 g/mol. The monoisotopic (exact) mass is 287 g/mol.